The second-order valence-electron chi connectivity index (χ2n) is 9.53. The van der Waals surface area contributed by atoms with Crippen molar-refractivity contribution in [2.45, 2.75) is 51.9 Å². The van der Waals surface area contributed by atoms with Gasteiger partial charge in [-0.25, -0.2) is 0 Å². The van der Waals surface area contributed by atoms with Gasteiger partial charge in [0.2, 0.25) is 5.91 Å². The molecule has 184 valence electrons. The number of likely N-dealkylation sites (tertiary alicyclic amines) is 1. The average Bonchev–Trinajstić information content (AvgIpc) is 2.72. The van der Waals surface area contributed by atoms with Gasteiger partial charge in [-0.15, -0.1) is 0 Å². The average molecular weight is 479 g/mol. The summed E-state index contributed by atoms with van der Waals surface area (Å²) in [5.74, 6) is -0.877. The molecular weight excluding hydrogens is 449 g/mol. The molecule has 2 heterocycles. The Morgan fingerprint density at radius 3 is 2.35 bits per heavy atom. The number of pyridine rings is 1. The summed E-state index contributed by atoms with van der Waals surface area (Å²) < 4.78 is 38.5. The first-order valence-corrected chi connectivity index (χ1v) is 11.1. The fourth-order valence-electron chi connectivity index (χ4n) is 3.90. The van der Waals surface area contributed by atoms with Crippen LogP contribution in [-0.2, 0) is 17.5 Å². The highest BCUT2D eigenvalue weighted by atomic mass is 19.4. The molecule has 3 rings (SSSR count). The van der Waals surface area contributed by atoms with Crippen LogP contribution in [0.25, 0.3) is 0 Å². The van der Waals surface area contributed by atoms with Gasteiger partial charge in [0.25, 0.3) is 11.4 Å². The first-order valence-electron chi connectivity index (χ1n) is 11.1. The number of piperidine rings is 1. The third-order valence-electron chi connectivity index (χ3n) is 5.52. The smallest absolute Gasteiger partial charge is 0.478 e. The van der Waals surface area contributed by atoms with Crippen LogP contribution in [-0.4, -0.2) is 35.3 Å². The molecule has 0 spiro atoms. The lowest BCUT2D eigenvalue weighted by molar-refractivity contribution is -0.631. The molecule has 10 heteroatoms. The zero-order valence-corrected chi connectivity index (χ0v) is 19.4. The van der Waals surface area contributed by atoms with E-state index in [-0.39, 0.29) is 17.4 Å². The Bertz CT molecular complexity index is 1040. The van der Waals surface area contributed by atoms with E-state index in [1.54, 1.807) is 18.2 Å². The summed E-state index contributed by atoms with van der Waals surface area (Å²) in [5.41, 5.74) is -1.09. The molecule has 0 saturated carbocycles. The predicted octanol–water partition coefficient (Wildman–Crippen LogP) is 3.72. The Kier molecular flexibility index (Phi) is 7.50. The van der Waals surface area contributed by atoms with Crippen molar-refractivity contribution in [2.75, 3.05) is 18.4 Å². The highest BCUT2D eigenvalue weighted by molar-refractivity contribution is 6.01. The van der Waals surface area contributed by atoms with Gasteiger partial charge in [0.05, 0.1) is 0 Å². The number of carbonyl (C=O) groups excluding carboxylic acids is 2. The van der Waals surface area contributed by atoms with Crippen LogP contribution in [0.2, 0.25) is 0 Å². The Hall–Kier alpha value is -3.14. The van der Waals surface area contributed by atoms with Crippen LogP contribution in [0.3, 0.4) is 0 Å². The maximum Gasteiger partial charge on any atom is 0.478 e. The molecule has 0 bridgehead atoms. The number of nitrogens with zero attached hydrogens (tertiary/aromatic N) is 2. The summed E-state index contributed by atoms with van der Waals surface area (Å²) in [4.78, 5) is 27.1. The minimum Gasteiger partial charge on any atom is -0.618 e. The lowest BCUT2D eigenvalue weighted by atomic mass is 9.94. The number of rotatable bonds is 5. The van der Waals surface area contributed by atoms with Crippen LogP contribution in [0.5, 0.6) is 0 Å². The van der Waals surface area contributed by atoms with E-state index in [4.69, 9.17) is 0 Å². The number of anilines is 1. The summed E-state index contributed by atoms with van der Waals surface area (Å²) in [7, 11) is 0. The zero-order chi connectivity index (χ0) is 25.1. The second-order valence-corrected chi connectivity index (χ2v) is 9.53. The number of amides is 2. The summed E-state index contributed by atoms with van der Waals surface area (Å²) in [6.45, 7) is 7.96. The van der Waals surface area contributed by atoms with Crippen molar-refractivity contribution in [3.63, 3.8) is 0 Å². The van der Waals surface area contributed by atoms with Crippen molar-refractivity contribution in [3.8, 4) is 0 Å². The van der Waals surface area contributed by atoms with Gasteiger partial charge in [0, 0.05) is 35.8 Å². The lowest BCUT2D eigenvalue weighted by Crippen LogP contribution is -2.46. The third-order valence-corrected chi connectivity index (χ3v) is 5.52. The van der Waals surface area contributed by atoms with Crippen molar-refractivity contribution < 1.29 is 27.5 Å². The SMILES string of the molecule is CC(C)(C)NC(=O)C1CCN(Cc2cccc(NC(=O)c3cccc(C(F)(F)F)[n+]3[O-])c2)CC1. The molecule has 34 heavy (non-hydrogen) atoms. The number of hydrogen-bond acceptors (Lipinski definition) is 4. The highest BCUT2D eigenvalue weighted by Crippen LogP contribution is 2.26. The maximum absolute atomic E-state index is 13.0. The molecule has 0 radical (unpaired) electrons. The van der Waals surface area contributed by atoms with Gasteiger partial charge in [-0.05, 0) is 70.5 Å². The second kappa shape index (κ2) is 10.0. The quantitative estimate of drug-likeness (QED) is 0.507. The van der Waals surface area contributed by atoms with E-state index in [9.17, 15) is 28.0 Å². The molecule has 0 unspecified atom stereocenters. The highest BCUT2D eigenvalue weighted by Gasteiger charge is 2.41. The molecular formula is C24H29F3N4O3. The summed E-state index contributed by atoms with van der Waals surface area (Å²) in [6, 6.07) is 9.62. The van der Waals surface area contributed by atoms with E-state index >= 15 is 0 Å². The van der Waals surface area contributed by atoms with Gasteiger partial charge >= 0.3 is 12.1 Å². The molecule has 1 aromatic carbocycles. The van der Waals surface area contributed by atoms with Crippen LogP contribution < -0.4 is 15.4 Å². The van der Waals surface area contributed by atoms with Crippen molar-refractivity contribution in [3.05, 3.63) is 64.6 Å². The van der Waals surface area contributed by atoms with E-state index in [2.05, 4.69) is 15.5 Å². The number of carbonyl (C=O) groups is 2. The van der Waals surface area contributed by atoms with Crippen molar-refractivity contribution in [1.82, 2.24) is 10.2 Å². The van der Waals surface area contributed by atoms with Crippen LogP contribution in [0.15, 0.2) is 42.5 Å². The minimum absolute atomic E-state index is 0.0210. The van der Waals surface area contributed by atoms with E-state index in [1.807, 2.05) is 26.8 Å². The van der Waals surface area contributed by atoms with Crippen LogP contribution in [0.1, 0.15) is 55.4 Å². The van der Waals surface area contributed by atoms with Crippen molar-refractivity contribution in [2.24, 2.45) is 5.92 Å². The molecule has 7 nitrogen and oxygen atoms in total. The van der Waals surface area contributed by atoms with Gasteiger partial charge in [-0.3, -0.25) is 14.5 Å². The Labute approximate surface area is 196 Å². The van der Waals surface area contributed by atoms with Crippen molar-refractivity contribution in [1.29, 1.82) is 0 Å². The molecule has 2 amide bonds. The standard InChI is InChI=1S/C24H29F3N4O3/c1-23(2,3)29-21(32)17-10-12-30(13-11-17)15-16-6-4-7-18(14-16)28-22(33)19-8-5-9-20(31(19)34)24(25,26)27/h4-9,14,17H,10-13,15H2,1-3H3,(H,28,33)(H,29,32). The van der Waals surface area contributed by atoms with E-state index in [0.717, 1.165) is 43.6 Å². The molecule has 1 fully saturated rings. The Morgan fingerprint density at radius 1 is 1.09 bits per heavy atom. The first kappa shape index (κ1) is 25.5. The first-order chi connectivity index (χ1) is 15.8. The number of nitrogens with one attached hydrogen (secondary N) is 2. The molecule has 1 aliphatic rings. The molecule has 2 aromatic rings. The summed E-state index contributed by atoms with van der Waals surface area (Å²) in [5, 5.41) is 17.6. The molecule has 2 N–H and O–H groups in total. The normalized spacial score (nSPS) is 15.7. The van der Waals surface area contributed by atoms with Gasteiger partial charge in [-0.2, -0.15) is 17.9 Å². The number of aromatic nitrogens is 1. The number of benzene rings is 1. The summed E-state index contributed by atoms with van der Waals surface area (Å²) in [6.07, 6.45) is -3.37. The van der Waals surface area contributed by atoms with Gasteiger partial charge < -0.3 is 15.8 Å². The molecule has 1 aliphatic heterocycles. The maximum atomic E-state index is 13.0. The third kappa shape index (κ3) is 6.69. The van der Waals surface area contributed by atoms with E-state index in [0.29, 0.717) is 18.3 Å². The fourth-order valence-corrected chi connectivity index (χ4v) is 3.90. The molecule has 1 saturated heterocycles. The molecule has 0 aliphatic carbocycles. The molecule has 1 aromatic heterocycles. The van der Waals surface area contributed by atoms with Gasteiger partial charge in [0.15, 0.2) is 0 Å². The van der Waals surface area contributed by atoms with Crippen LogP contribution in [0.4, 0.5) is 18.9 Å². The fraction of sp³-hybridized carbons (Fsp3) is 0.458. The van der Waals surface area contributed by atoms with Crippen LogP contribution in [0, 0.1) is 11.1 Å². The lowest BCUT2D eigenvalue weighted by Gasteiger charge is -2.33. The largest absolute Gasteiger partial charge is 0.618 e. The Morgan fingerprint density at radius 2 is 1.74 bits per heavy atom. The predicted molar refractivity (Wildman–Crippen MR) is 121 cm³/mol. The monoisotopic (exact) mass is 478 g/mol. The van der Waals surface area contributed by atoms with Gasteiger partial charge in [-0.1, -0.05) is 12.1 Å². The van der Waals surface area contributed by atoms with Crippen molar-refractivity contribution >= 4 is 17.5 Å². The topological polar surface area (TPSA) is 88.4 Å². The van der Waals surface area contributed by atoms with E-state index < -0.39 is 28.2 Å². The molecule has 0 atom stereocenters. The number of hydrogen-bond donors (Lipinski definition) is 2. The van der Waals surface area contributed by atoms with Crippen LogP contribution >= 0.6 is 0 Å². The minimum atomic E-state index is -4.86. The van der Waals surface area contributed by atoms with E-state index in [1.165, 1.54) is 0 Å². The number of alkyl halides is 3. The zero-order valence-electron chi connectivity index (χ0n) is 19.4. The Balaban J connectivity index is 1.60. The summed E-state index contributed by atoms with van der Waals surface area (Å²) >= 11 is 0. The van der Waals surface area contributed by atoms with Gasteiger partial charge in [0.1, 0.15) is 0 Å². The number of halogens is 3.